The molecule has 9 heteroatoms. The molecule has 2 aromatic heterocycles. The number of hydrogen-bond donors (Lipinski definition) is 1. The van der Waals surface area contributed by atoms with Gasteiger partial charge in [0.15, 0.2) is 0 Å². The quantitative estimate of drug-likeness (QED) is 0.774. The van der Waals surface area contributed by atoms with Crippen LogP contribution in [0, 0.1) is 6.92 Å². The highest BCUT2D eigenvalue weighted by molar-refractivity contribution is 5.59. The van der Waals surface area contributed by atoms with E-state index in [1.165, 1.54) is 18.2 Å². The highest BCUT2D eigenvalue weighted by Gasteiger charge is 2.31. The normalized spacial score (nSPS) is 11.3. The molecule has 1 N–H and O–H groups in total. The third-order valence-corrected chi connectivity index (χ3v) is 2.98. The Kier molecular flexibility index (Phi) is 4.07. The molecular weight excluding hydrogens is 325 g/mol. The maximum Gasteiger partial charge on any atom is 0.573 e. The van der Waals surface area contributed by atoms with Crippen LogP contribution in [0.15, 0.2) is 47.0 Å². The van der Waals surface area contributed by atoms with Crippen LogP contribution in [0.25, 0.3) is 11.5 Å². The smallest absolute Gasteiger partial charge is 0.406 e. The fourth-order valence-electron chi connectivity index (χ4n) is 1.99. The third-order valence-electron chi connectivity index (χ3n) is 2.98. The Morgan fingerprint density at radius 3 is 2.71 bits per heavy atom. The van der Waals surface area contributed by atoms with Crippen molar-refractivity contribution in [3.63, 3.8) is 0 Å². The van der Waals surface area contributed by atoms with Gasteiger partial charge in [-0.2, -0.15) is 0 Å². The SMILES string of the molecule is Cc1ncccc1-c1nnc(Nc2cccc(OC(F)(F)F)c2)o1. The first kappa shape index (κ1) is 15.8. The molecule has 124 valence electrons. The summed E-state index contributed by atoms with van der Waals surface area (Å²) >= 11 is 0. The minimum Gasteiger partial charge on any atom is -0.406 e. The van der Waals surface area contributed by atoms with Gasteiger partial charge in [0.2, 0.25) is 0 Å². The standard InChI is InChI=1S/C15H11F3N4O2/c1-9-12(6-3-7-19-9)13-21-22-14(23-13)20-10-4-2-5-11(8-10)24-15(16,17)18/h2-8H,1H3,(H,20,22). The Bertz CT molecular complexity index is 848. The van der Waals surface area contributed by atoms with Gasteiger partial charge in [-0.05, 0) is 31.2 Å². The molecule has 1 aromatic carbocycles. The van der Waals surface area contributed by atoms with Gasteiger partial charge in [-0.15, -0.1) is 18.3 Å². The number of benzene rings is 1. The summed E-state index contributed by atoms with van der Waals surface area (Å²) in [5, 5.41) is 10.4. The van der Waals surface area contributed by atoms with E-state index in [1.807, 2.05) is 0 Å². The number of halogens is 3. The number of rotatable bonds is 4. The Labute approximate surface area is 134 Å². The number of alkyl halides is 3. The van der Waals surface area contributed by atoms with E-state index in [4.69, 9.17) is 4.42 Å². The molecule has 0 spiro atoms. The molecule has 0 bridgehead atoms. The van der Waals surface area contributed by atoms with Crippen LogP contribution in [-0.4, -0.2) is 21.5 Å². The maximum atomic E-state index is 12.2. The molecule has 0 aliphatic heterocycles. The van der Waals surface area contributed by atoms with E-state index >= 15 is 0 Å². The topological polar surface area (TPSA) is 73.1 Å². The zero-order valence-corrected chi connectivity index (χ0v) is 12.3. The average molecular weight is 336 g/mol. The minimum absolute atomic E-state index is 0.0393. The molecule has 6 nitrogen and oxygen atoms in total. The average Bonchev–Trinajstić information content (AvgIpc) is 2.94. The van der Waals surface area contributed by atoms with Gasteiger partial charge >= 0.3 is 12.4 Å². The summed E-state index contributed by atoms with van der Waals surface area (Å²) in [5.41, 5.74) is 1.70. The van der Waals surface area contributed by atoms with Crippen LogP contribution in [0.1, 0.15) is 5.69 Å². The zero-order valence-electron chi connectivity index (χ0n) is 12.3. The second-order valence-corrected chi connectivity index (χ2v) is 4.75. The van der Waals surface area contributed by atoms with Crippen LogP contribution in [0.3, 0.4) is 0 Å². The van der Waals surface area contributed by atoms with Crippen molar-refractivity contribution in [1.29, 1.82) is 0 Å². The van der Waals surface area contributed by atoms with Crippen LogP contribution in [-0.2, 0) is 0 Å². The van der Waals surface area contributed by atoms with E-state index in [-0.39, 0.29) is 17.7 Å². The summed E-state index contributed by atoms with van der Waals surface area (Å²) in [6.45, 7) is 1.80. The summed E-state index contributed by atoms with van der Waals surface area (Å²) in [4.78, 5) is 4.12. The van der Waals surface area contributed by atoms with Gasteiger partial charge in [0.25, 0.3) is 5.89 Å². The lowest BCUT2D eigenvalue weighted by atomic mass is 10.2. The van der Waals surface area contributed by atoms with Crippen molar-refractivity contribution in [2.24, 2.45) is 0 Å². The number of aryl methyl sites for hydroxylation is 1. The second-order valence-electron chi connectivity index (χ2n) is 4.75. The van der Waals surface area contributed by atoms with Crippen LogP contribution < -0.4 is 10.1 Å². The summed E-state index contributed by atoms with van der Waals surface area (Å²) in [6, 6.07) is 8.87. The van der Waals surface area contributed by atoms with Gasteiger partial charge < -0.3 is 14.5 Å². The van der Waals surface area contributed by atoms with Crippen LogP contribution >= 0.6 is 0 Å². The predicted molar refractivity (Wildman–Crippen MR) is 78.7 cm³/mol. The fraction of sp³-hybridized carbons (Fsp3) is 0.133. The highest BCUT2D eigenvalue weighted by Crippen LogP contribution is 2.27. The Morgan fingerprint density at radius 1 is 1.12 bits per heavy atom. The minimum atomic E-state index is -4.76. The van der Waals surface area contributed by atoms with Crippen molar-refractivity contribution < 1.29 is 22.3 Å². The summed E-state index contributed by atoms with van der Waals surface area (Å²) in [5.74, 6) is -0.0962. The Hall–Kier alpha value is -3.10. The van der Waals surface area contributed by atoms with E-state index in [0.29, 0.717) is 16.9 Å². The van der Waals surface area contributed by atoms with Gasteiger partial charge in [-0.1, -0.05) is 11.2 Å². The molecule has 24 heavy (non-hydrogen) atoms. The van der Waals surface area contributed by atoms with Gasteiger partial charge in [0.1, 0.15) is 5.75 Å². The molecule has 0 unspecified atom stereocenters. The lowest BCUT2D eigenvalue weighted by molar-refractivity contribution is -0.274. The van der Waals surface area contributed by atoms with Gasteiger partial charge in [0, 0.05) is 23.6 Å². The number of ether oxygens (including phenoxy) is 1. The fourth-order valence-corrected chi connectivity index (χ4v) is 1.99. The largest absolute Gasteiger partial charge is 0.573 e. The monoisotopic (exact) mass is 336 g/mol. The summed E-state index contributed by atoms with van der Waals surface area (Å²) in [7, 11) is 0. The van der Waals surface area contributed by atoms with E-state index < -0.39 is 6.36 Å². The van der Waals surface area contributed by atoms with Crippen molar-refractivity contribution in [2.45, 2.75) is 13.3 Å². The lowest BCUT2D eigenvalue weighted by Crippen LogP contribution is -2.17. The molecule has 0 saturated heterocycles. The molecule has 0 radical (unpaired) electrons. The number of nitrogens with one attached hydrogen (secondary N) is 1. The zero-order chi connectivity index (χ0) is 17.2. The molecule has 0 aliphatic rings. The first-order valence-corrected chi connectivity index (χ1v) is 6.79. The van der Waals surface area contributed by atoms with Crippen LogP contribution in [0.4, 0.5) is 24.9 Å². The number of nitrogens with zero attached hydrogens (tertiary/aromatic N) is 3. The third kappa shape index (κ3) is 3.80. The van der Waals surface area contributed by atoms with E-state index in [2.05, 4.69) is 25.2 Å². The first-order chi connectivity index (χ1) is 11.4. The Morgan fingerprint density at radius 2 is 1.96 bits per heavy atom. The maximum absolute atomic E-state index is 12.2. The van der Waals surface area contributed by atoms with E-state index in [1.54, 1.807) is 31.3 Å². The molecule has 0 aliphatic carbocycles. The number of anilines is 2. The van der Waals surface area contributed by atoms with Gasteiger partial charge in [-0.3, -0.25) is 4.98 Å². The molecule has 0 saturated carbocycles. The van der Waals surface area contributed by atoms with Gasteiger partial charge in [0.05, 0.1) is 5.56 Å². The molecular formula is C15H11F3N4O2. The molecule has 0 amide bonds. The van der Waals surface area contributed by atoms with Gasteiger partial charge in [-0.25, -0.2) is 0 Å². The van der Waals surface area contributed by atoms with Crippen molar-refractivity contribution in [1.82, 2.24) is 15.2 Å². The van der Waals surface area contributed by atoms with Crippen LogP contribution in [0.2, 0.25) is 0 Å². The summed E-state index contributed by atoms with van der Waals surface area (Å²) in [6.07, 6.45) is -3.12. The van der Waals surface area contributed by atoms with Crippen molar-refractivity contribution in [2.75, 3.05) is 5.32 Å². The number of pyridine rings is 1. The molecule has 2 heterocycles. The van der Waals surface area contributed by atoms with Crippen molar-refractivity contribution in [3.8, 4) is 17.2 Å². The van der Waals surface area contributed by atoms with Crippen LogP contribution in [0.5, 0.6) is 5.75 Å². The van der Waals surface area contributed by atoms with E-state index in [9.17, 15) is 13.2 Å². The number of hydrogen-bond acceptors (Lipinski definition) is 6. The predicted octanol–water partition coefficient (Wildman–Crippen LogP) is 4.08. The van der Waals surface area contributed by atoms with E-state index in [0.717, 1.165) is 0 Å². The molecule has 3 aromatic rings. The first-order valence-electron chi connectivity index (χ1n) is 6.79. The van der Waals surface area contributed by atoms with Crippen molar-refractivity contribution >= 4 is 11.7 Å². The Balaban J connectivity index is 1.78. The second kappa shape index (κ2) is 6.19. The lowest BCUT2D eigenvalue weighted by Gasteiger charge is -2.09. The summed E-state index contributed by atoms with van der Waals surface area (Å²) < 4.78 is 46.0. The molecule has 0 fully saturated rings. The molecule has 0 atom stereocenters. The number of aromatic nitrogens is 3. The highest BCUT2D eigenvalue weighted by atomic mass is 19.4. The molecule has 3 rings (SSSR count). The van der Waals surface area contributed by atoms with Crippen molar-refractivity contribution in [3.05, 3.63) is 48.3 Å².